The second kappa shape index (κ2) is 14.5. The molecule has 0 N–H and O–H groups in total. The SMILES string of the molecule is CCCOCCCCCc1cccc(CCCCCCC(C)C)c1. The largest absolute Gasteiger partial charge is 0.381 e. The molecule has 0 unspecified atom stereocenters. The molecule has 0 atom stereocenters. The Morgan fingerprint density at radius 2 is 1.42 bits per heavy atom. The topological polar surface area (TPSA) is 9.23 Å². The van der Waals surface area contributed by atoms with Crippen LogP contribution in [-0.2, 0) is 17.6 Å². The van der Waals surface area contributed by atoms with E-state index >= 15 is 0 Å². The first-order valence-electron chi connectivity index (χ1n) is 10.4. The number of rotatable bonds is 15. The van der Waals surface area contributed by atoms with Crippen molar-refractivity contribution in [2.24, 2.45) is 5.92 Å². The first-order chi connectivity index (χ1) is 11.7. The van der Waals surface area contributed by atoms with Crippen molar-refractivity contribution in [1.29, 1.82) is 0 Å². The van der Waals surface area contributed by atoms with Gasteiger partial charge in [-0.2, -0.15) is 0 Å². The van der Waals surface area contributed by atoms with Crippen molar-refractivity contribution in [1.82, 2.24) is 0 Å². The molecule has 0 fully saturated rings. The van der Waals surface area contributed by atoms with Gasteiger partial charge in [0, 0.05) is 13.2 Å². The van der Waals surface area contributed by atoms with Crippen LogP contribution in [0.5, 0.6) is 0 Å². The van der Waals surface area contributed by atoms with Crippen molar-refractivity contribution in [3.63, 3.8) is 0 Å². The Morgan fingerprint density at radius 1 is 0.792 bits per heavy atom. The fourth-order valence-corrected chi connectivity index (χ4v) is 3.13. The second-order valence-electron chi connectivity index (χ2n) is 7.59. The lowest BCUT2D eigenvalue weighted by Gasteiger charge is -2.07. The minimum Gasteiger partial charge on any atom is -0.381 e. The number of ether oxygens (including phenoxy) is 1. The summed E-state index contributed by atoms with van der Waals surface area (Å²) in [6, 6.07) is 9.27. The average molecular weight is 333 g/mol. The van der Waals surface area contributed by atoms with E-state index in [0.29, 0.717) is 0 Å². The number of hydrogen-bond acceptors (Lipinski definition) is 1. The van der Waals surface area contributed by atoms with Crippen LogP contribution < -0.4 is 0 Å². The third-order valence-electron chi connectivity index (χ3n) is 4.59. The van der Waals surface area contributed by atoms with Crippen molar-refractivity contribution in [3.8, 4) is 0 Å². The van der Waals surface area contributed by atoms with Gasteiger partial charge in [0.05, 0.1) is 0 Å². The first-order valence-corrected chi connectivity index (χ1v) is 10.4. The van der Waals surface area contributed by atoms with Crippen molar-refractivity contribution >= 4 is 0 Å². The minimum atomic E-state index is 0.861. The van der Waals surface area contributed by atoms with Gasteiger partial charge in [-0.3, -0.25) is 0 Å². The smallest absolute Gasteiger partial charge is 0.0466 e. The van der Waals surface area contributed by atoms with E-state index in [2.05, 4.69) is 45.0 Å². The average Bonchev–Trinajstić information content (AvgIpc) is 2.57. The molecule has 1 aromatic carbocycles. The fourth-order valence-electron chi connectivity index (χ4n) is 3.13. The number of aryl methyl sites for hydroxylation is 2. The van der Waals surface area contributed by atoms with Crippen LogP contribution in [0, 0.1) is 5.92 Å². The lowest BCUT2D eigenvalue weighted by molar-refractivity contribution is 0.130. The predicted molar refractivity (Wildman–Crippen MR) is 107 cm³/mol. The lowest BCUT2D eigenvalue weighted by Crippen LogP contribution is -1.96. The van der Waals surface area contributed by atoms with Crippen LogP contribution in [-0.4, -0.2) is 13.2 Å². The third-order valence-corrected chi connectivity index (χ3v) is 4.59. The van der Waals surface area contributed by atoms with Gasteiger partial charge >= 0.3 is 0 Å². The Morgan fingerprint density at radius 3 is 2.04 bits per heavy atom. The molecule has 0 aliphatic heterocycles. The monoisotopic (exact) mass is 332 g/mol. The quantitative estimate of drug-likeness (QED) is 0.315. The number of unbranched alkanes of at least 4 members (excludes halogenated alkanes) is 5. The van der Waals surface area contributed by atoms with Gasteiger partial charge in [-0.05, 0) is 55.6 Å². The summed E-state index contributed by atoms with van der Waals surface area (Å²) in [6.45, 7) is 8.66. The molecule has 0 amide bonds. The zero-order valence-electron chi connectivity index (χ0n) is 16.5. The highest BCUT2D eigenvalue weighted by molar-refractivity contribution is 5.23. The third kappa shape index (κ3) is 11.7. The maximum absolute atomic E-state index is 5.54. The van der Waals surface area contributed by atoms with E-state index in [1.165, 1.54) is 75.3 Å². The summed E-state index contributed by atoms with van der Waals surface area (Å²) in [6.07, 6.45) is 14.3. The minimum absolute atomic E-state index is 0.861. The molecule has 0 saturated carbocycles. The van der Waals surface area contributed by atoms with E-state index in [4.69, 9.17) is 4.74 Å². The van der Waals surface area contributed by atoms with Crippen LogP contribution in [0.1, 0.15) is 89.7 Å². The molecule has 0 aliphatic rings. The molecule has 0 aromatic heterocycles. The Kier molecular flexibility index (Phi) is 12.8. The van der Waals surface area contributed by atoms with Crippen molar-refractivity contribution < 1.29 is 4.74 Å². The summed E-state index contributed by atoms with van der Waals surface area (Å²) in [7, 11) is 0. The molecule has 1 nitrogen and oxygen atoms in total. The van der Waals surface area contributed by atoms with E-state index in [1.807, 2.05) is 0 Å². The first kappa shape index (κ1) is 21.2. The molecule has 1 heteroatoms. The molecule has 0 bridgehead atoms. The maximum atomic E-state index is 5.54. The summed E-state index contributed by atoms with van der Waals surface area (Å²) in [5.41, 5.74) is 3.05. The van der Waals surface area contributed by atoms with Gasteiger partial charge in [0.15, 0.2) is 0 Å². The summed E-state index contributed by atoms with van der Waals surface area (Å²) >= 11 is 0. The highest BCUT2D eigenvalue weighted by Crippen LogP contribution is 2.14. The molecular formula is C23H40O. The lowest BCUT2D eigenvalue weighted by atomic mass is 10.00. The molecule has 0 saturated heterocycles. The van der Waals surface area contributed by atoms with Gasteiger partial charge in [-0.1, -0.05) is 77.1 Å². The van der Waals surface area contributed by atoms with Crippen LogP contribution in [0.3, 0.4) is 0 Å². The molecule has 138 valence electrons. The molecule has 24 heavy (non-hydrogen) atoms. The Balaban J connectivity index is 2.10. The van der Waals surface area contributed by atoms with Gasteiger partial charge in [0.2, 0.25) is 0 Å². The molecule has 0 aliphatic carbocycles. The highest BCUT2D eigenvalue weighted by atomic mass is 16.5. The molecule has 1 rings (SSSR count). The molecule has 0 spiro atoms. The van der Waals surface area contributed by atoms with E-state index < -0.39 is 0 Å². The standard InChI is InChI=1S/C23H40O/c1-4-18-24-19-11-7-10-15-23-17-12-16-22(20-23)14-9-6-5-8-13-21(2)3/h12,16-17,20-21H,4-11,13-15,18-19H2,1-3H3. The van der Waals surface area contributed by atoms with Crippen LogP contribution in [0.15, 0.2) is 24.3 Å². The van der Waals surface area contributed by atoms with Crippen LogP contribution in [0.25, 0.3) is 0 Å². The van der Waals surface area contributed by atoms with Crippen molar-refractivity contribution in [2.75, 3.05) is 13.2 Å². The van der Waals surface area contributed by atoms with E-state index in [-0.39, 0.29) is 0 Å². The Bertz CT molecular complexity index is 397. The van der Waals surface area contributed by atoms with Crippen LogP contribution >= 0.6 is 0 Å². The predicted octanol–water partition coefficient (Wildman–Crippen LogP) is 6.98. The van der Waals surface area contributed by atoms with Gasteiger partial charge < -0.3 is 4.74 Å². The summed E-state index contributed by atoms with van der Waals surface area (Å²) < 4.78 is 5.54. The highest BCUT2D eigenvalue weighted by Gasteiger charge is 1.99. The van der Waals surface area contributed by atoms with Crippen molar-refractivity contribution in [3.05, 3.63) is 35.4 Å². The van der Waals surface area contributed by atoms with E-state index in [0.717, 1.165) is 25.6 Å². The Labute approximate surface area is 151 Å². The maximum Gasteiger partial charge on any atom is 0.0466 e. The molecule has 0 heterocycles. The zero-order chi connectivity index (χ0) is 17.5. The molecular weight excluding hydrogens is 292 g/mol. The Hall–Kier alpha value is -0.820. The zero-order valence-corrected chi connectivity index (χ0v) is 16.5. The van der Waals surface area contributed by atoms with Gasteiger partial charge in [-0.25, -0.2) is 0 Å². The second-order valence-corrected chi connectivity index (χ2v) is 7.59. The summed E-state index contributed by atoms with van der Waals surface area (Å²) in [5.74, 6) is 0.861. The van der Waals surface area contributed by atoms with E-state index in [1.54, 1.807) is 0 Å². The fraction of sp³-hybridized carbons (Fsp3) is 0.739. The van der Waals surface area contributed by atoms with Gasteiger partial charge in [0.25, 0.3) is 0 Å². The summed E-state index contributed by atoms with van der Waals surface area (Å²) in [4.78, 5) is 0. The van der Waals surface area contributed by atoms with Gasteiger partial charge in [0.1, 0.15) is 0 Å². The van der Waals surface area contributed by atoms with Crippen LogP contribution in [0.2, 0.25) is 0 Å². The van der Waals surface area contributed by atoms with Crippen LogP contribution in [0.4, 0.5) is 0 Å². The normalized spacial score (nSPS) is 11.3. The van der Waals surface area contributed by atoms with Crippen molar-refractivity contribution in [2.45, 2.75) is 91.4 Å². The number of hydrogen-bond donors (Lipinski definition) is 0. The van der Waals surface area contributed by atoms with E-state index in [9.17, 15) is 0 Å². The number of benzene rings is 1. The molecule has 1 aromatic rings. The molecule has 0 radical (unpaired) electrons. The van der Waals surface area contributed by atoms with Gasteiger partial charge in [-0.15, -0.1) is 0 Å². The summed E-state index contributed by atoms with van der Waals surface area (Å²) in [5, 5.41) is 0.